The van der Waals surface area contributed by atoms with E-state index in [1.54, 1.807) is 11.0 Å². The third-order valence-corrected chi connectivity index (χ3v) is 7.10. The van der Waals surface area contributed by atoms with Crippen molar-refractivity contribution < 1.29 is 4.79 Å². The first-order valence-corrected chi connectivity index (χ1v) is 12.0. The van der Waals surface area contributed by atoms with Gasteiger partial charge in [-0.25, -0.2) is 0 Å². The molecule has 1 aromatic heterocycles. The van der Waals surface area contributed by atoms with Gasteiger partial charge in [-0.2, -0.15) is 5.21 Å². The van der Waals surface area contributed by atoms with Gasteiger partial charge in [0.15, 0.2) is 5.82 Å². The molecule has 1 N–H and O–H groups in total. The number of aromatic nitrogens is 4. The van der Waals surface area contributed by atoms with Gasteiger partial charge in [-0.05, 0) is 53.8 Å². The summed E-state index contributed by atoms with van der Waals surface area (Å²) in [6.45, 7) is 0.609. The summed E-state index contributed by atoms with van der Waals surface area (Å²) in [5, 5.41) is 14.9. The van der Waals surface area contributed by atoms with E-state index < -0.39 is 0 Å². The molecule has 1 aliphatic rings. The van der Waals surface area contributed by atoms with Gasteiger partial charge in [0, 0.05) is 13.0 Å². The van der Waals surface area contributed by atoms with Crippen LogP contribution in [-0.4, -0.2) is 42.3 Å². The molecule has 32 heavy (non-hydrogen) atoms. The number of carbonyl (C=O) groups excluding carboxylic acids is 1. The van der Waals surface area contributed by atoms with Gasteiger partial charge in [0.1, 0.15) is 4.32 Å². The van der Waals surface area contributed by atoms with Gasteiger partial charge < -0.3 is 0 Å². The van der Waals surface area contributed by atoms with Crippen LogP contribution in [0.5, 0.6) is 0 Å². The average Bonchev–Trinajstić information content (AvgIpc) is 3.39. The number of tetrazole rings is 1. The van der Waals surface area contributed by atoms with Crippen molar-refractivity contribution >= 4 is 63.5 Å². The molecule has 3 aromatic rings. The summed E-state index contributed by atoms with van der Waals surface area (Å²) in [4.78, 5) is 15.2. The topological polar surface area (TPSA) is 74.8 Å². The smallest absolute Gasteiger partial charge is 0.266 e. The van der Waals surface area contributed by atoms with E-state index in [2.05, 4.69) is 20.6 Å². The number of H-pyrrole nitrogens is 1. The van der Waals surface area contributed by atoms with E-state index in [0.29, 0.717) is 31.6 Å². The van der Waals surface area contributed by atoms with Crippen molar-refractivity contribution in [3.8, 4) is 11.1 Å². The molecule has 2 heterocycles. The Morgan fingerprint density at radius 2 is 1.91 bits per heavy atom. The molecule has 0 saturated carbocycles. The van der Waals surface area contributed by atoms with Gasteiger partial charge in [-0.1, -0.05) is 83.1 Å². The maximum absolute atomic E-state index is 12.9. The van der Waals surface area contributed by atoms with Crippen molar-refractivity contribution in [2.24, 2.45) is 0 Å². The number of thiocarbonyl (C=S) groups is 1. The third-order valence-electron chi connectivity index (χ3n) is 4.98. The fraction of sp³-hybridized carbons (Fsp3) is 0.227. The summed E-state index contributed by atoms with van der Waals surface area (Å²) >= 11 is 19.0. The minimum absolute atomic E-state index is 0.0434. The van der Waals surface area contributed by atoms with Crippen molar-refractivity contribution in [2.45, 2.75) is 25.7 Å². The standard InChI is InChI=1S/C22H19Cl2N5OS2/c23-17-9-8-16(13-18(17)24)15-6-4-5-14(11-15)12-19-21(30)29(22(31)32-19)10-3-1-2-7-20-25-27-28-26-20/h4-6,8-9,11-13H,1-3,7,10H2,(H,25,26,27,28). The molecule has 0 radical (unpaired) electrons. The maximum atomic E-state index is 12.9. The maximum Gasteiger partial charge on any atom is 0.266 e. The van der Waals surface area contributed by atoms with Gasteiger partial charge >= 0.3 is 0 Å². The Hall–Kier alpha value is -2.26. The predicted octanol–water partition coefficient (Wildman–Crippen LogP) is 5.79. The molecule has 1 amide bonds. The van der Waals surface area contributed by atoms with Crippen molar-refractivity contribution in [3.05, 3.63) is 68.8 Å². The van der Waals surface area contributed by atoms with Crippen molar-refractivity contribution in [2.75, 3.05) is 6.54 Å². The summed E-state index contributed by atoms with van der Waals surface area (Å²) < 4.78 is 0.597. The second-order valence-electron chi connectivity index (χ2n) is 7.23. The second kappa shape index (κ2) is 10.6. The molecule has 1 saturated heterocycles. The molecule has 0 unspecified atom stereocenters. The number of amides is 1. The van der Waals surface area contributed by atoms with Crippen LogP contribution >= 0.6 is 47.2 Å². The molecular formula is C22H19Cl2N5OS2. The first-order valence-electron chi connectivity index (χ1n) is 10.0. The van der Waals surface area contributed by atoms with Crippen LogP contribution in [0.1, 0.15) is 30.7 Å². The predicted molar refractivity (Wildman–Crippen MR) is 134 cm³/mol. The normalized spacial score (nSPS) is 15.2. The lowest BCUT2D eigenvalue weighted by molar-refractivity contribution is -0.122. The van der Waals surface area contributed by atoms with Crippen molar-refractivity contribution in [1.29, 1.82) is 0 Å². The summed E-state index contributed by atoms with van der Waals surface area (Å²) in [7, 11) is 0. The van der Waals surface area contributed by atoms with Crippen molar-refractivity contribution in [3.63, 3.8) is 0 Å². The number of unbranched alkanes of at least 4 members (excludes halogenated alkanes) is 2. The summed E-state index contributed by atoms with van der Waals surface area (Å²) in [6, 6.07) is 13.5. The zero-order valence-corrected chi connectivity index (χ0v) is 20.1. The van der Waals surface area contributed by atoms with Crippen LogP contribution in [0, 0.1) is 0 Å². The lowest BCUT2D eigenvalue weighted by Crippen LogP contribution is -2.29. The molecule has 0 atom stereocenters. The van der Waals surface area contributed by atoms with Crippen LogP contribution in [0.15, 0.2) is 47.4 Å². The average molecular weight is 504 g/mol. The number of aryl methyl sites for hydroxylation is 1. The largest absolute Gasteiger partial charge is 0.293 e. The molecular weight excluding hydrogens is 485 g/mol. The number of halogens is 2. The number of aromatic amines is 1. The number of hydrogen-bond donors (Lipinski definition) is 1. The number of nitrogens with one attached hydrogen (secondary N) is 1. The molecule has 164 valence electrons. The summed E-state index contributed by atoms with van der Waals surface area (Å²) in [6.07, 6.45) is 5.41. The molecule has 6 nitrogen and oxygen atoms in total. The number of hydrogen-bond acceptors (Lipinski definition) is 6. The molecule has 1 fully saturated rings. The zero-order chi connectivity index (χ0) is 22.5. The van der Waals surface area contributed by atoms with Gasteiger partial charge in [-0.3, -0.25) is 9.69 Å². The summed E-state index contributed by atoms with van der Waals surface area (Å²) in [5.41, 5.74) is 2.88. The summed E-state index contributed by atoms with van der Waals surface area (Å²) in [5.74, 6) is 0.666. The zero-order valence-electron chi connectivity index (χ0n) is 16.9. The first kappa shape index (κ1) is 22.9. The SMILES string of the molecule is O=C1C(=Cc2cccc(-c3ccc(Cl)c(Cl)c3)c2)SC(=S)N1CCCCCc1nn[nH]n1. The lowest BCUT2D eigenvalue weighted by Gasteiger charge is -2.13. The molecule has 2 aromatic carbocycles. The van der Waals surface area contributed by atoms with Gasteiger partial charge in [-0.15, -0.1) is 10.2 Å². The van der Waals surface area contributed by atoms with E-state index in [1.807, 2.05) is 42.5 Å². The highest BCUT2D eigenvalue weighted by molar-refractivity contribution is 8.26. The Kier molecular flexibility index (Phi) is 7.57. The van der Waals surface area contributed by atoms with Crippen molar-refractivity contribution in [1.82, 2.24) is 25.5 Å². The quantitative estimate of drug-likeness (QED) is 0.238. The number of thioether (sulfide) groups is 1. The van der Waals surface area contributed by atoms with E-state index >= 15 is 0 Å². The Bertz CT molecular complexity index is 1170. The fourth-order valence-corrected chi connectivity index (χ4v) is 4.95. The van der Waals surface area contributed by atoms with Gasteiger partial charge in [0.05, 0.1) is 15.0 Å². The Morgan fingerprint density at radius 3 is 2.69 bits per heavy atom. The van der Waals surface area contributed by atoms with E-state index in [9.17, 15) is 4.79 Å². The highest BCUT2D eigenvalue weighted by atomic mass is 35.5. The molecule has 4 rings (SSSR count). The number of rotatable bonds is 8. The monoisotopic (exact) mass is 503 g/mol. The van der Waals surface area contributed by atoms with E-state index in [1.165, 1.54) is 11.8 Å². The molecule has 0 spiro atoms. The fourth-order valence-electron chi connectivity index (χ4n) is 3.35. The Balaban J connectivity index is 1.38. The van der Waals surface area contributed by atoms with Crippen LogP contribution in [0.3, 0.4) is 0 Å². The van der Waals surface area contributed by atoms with Crippen LogP contribution < -0.4 is 0 Å². The van der Waals surface area contributed by atoms with Gasteiger partial charge in [0.25, 0.3) is 5.91 Å². The molecule has 1 aliphatic heterocycles. The van der Waals surface area contributed by atoms with Crippen LogP contribution in [-0.2, 0) is 11.2 Å². The van der Waals surface area contributed by atoms with Crippen LogP contribution in [0.4, 0.5) is 0 Å². The molecule has 0 aliphatic carbocycles. The van der Waals surface area contributed by atoms with E-state index in [0.717, 1.165) is 42.4 Å². The molecule has 0 bridgehead atoms. The minimum Gasteiger partial charge on any atom is -0.293 e. The van der Waals surface area contributed by atoms with Gasteiger partial charge in [0.2, 0.25) is 0 Å². The Labute approximate surface area is 205 Å². The van der Waals surface area contributed by atoms with Crippen LogP contribution in [0.25, 0.3) is 17.2 Å². The van der Waals surface area contributed by atoms with E-state index in [4.69, 9.17) is 35.4 Å². The van der Waals surface area contributed by atoms with Crippen LogP contribution in [0.2, 0.25) is 10.0 Å². The number of carbonyl (C=O) groups is 1. The number of nitrogens with zero attached hydrogens (tertiary/aromatic N) is 4. The third kappa shape index (κ3) is 5.56. The van der Waals surface area contributed by atoms with E-state index in [-0.39, 0.29) is 5.91 Å². The second-order valence-corrected chi connectivity index (χ2v) is 9.72. The number of benzene rings is 2. The Morgan fingerprint density at radius 1 is 1.06 bits per heavy atom. The molecule has 10 heteroatoms. The minimum atomic E-state index is -0.0434. The lowest BCUT2D eigenvalue weighted by atomic mass is 10.0. The highest BCUT2D eigenvalue weighted by Gasteiger charge is 2.31. The first-order chi connectivity index (χ1) is 15.5. The highest BCUT2D eigenvalue weighted by Crippen LogP contribution is 2.34.